The number of carbonyl (C=O) groups is 1. The van der Waals surface area contributed by atoms with Gasteiger partial charge in [-0.25, -0.2) is 4.39 Å². The van der Waals surface area contributed by atoms with Gasteiger partial charge in [0.15, 0.2) is 0 Å². The van der Waals surface area contributed by atoms with Crippen LogP contribution < -0.4 is 10.2 Å². The van der Waals surface area contributed by atoms with Crippen molar-refractivity contribution in [1.29, 1.82) is 0 Å². The number of halogens is 1. The molecule has 0 saturated carbocycles. The van der Waals surface area contributed by atoms with Gasteiger partial charge < -0.3 is 20.0 Å². The minimum atomic E-state index is -0.199. The third kappa shape index (κ3) is 5.18. The lowest BCUT2D eigenvalue weighted by atomic mass is 10.2. The molecule has 1 aromatic carbocycles. The molecule has 0 unspecified atom stereocenters. The Bertz CT molecular complexity index is 513. The highest BCUT2D eigenvalue weighted by Gasteiger charge is 2.22. The van der Waals surface area contributed by atoms with Crippen molar-refractivity contribution in [3.63, 3.8) is 0 Å². The Kier molecular flexibility index (Phi) is 7.46. The summed E-state index contributed by atoms with van der Waals surface area (Å²) < 4.78 is 13.8. The Labute approximate surface area is 144 Å². The van der Waals surface area contributed by atoms with E-state index in [2.05, 4.69) is 24.1 Å². The van der Waals surface area contributed by atoms with Crippen molar-refractivity contribution in [2.45, 2.75) is 13.8 Å². The van der Waals surface area contributed by atoms with Gasteiger partial charge in [-0.05, 0) is 25.2 Å². The van der Waals surface area contributed by atoms with Crippen LogP contribution >= 0.6 is 0 Å². The maximum absolute atomic E-state index is 13.8. The number of para-hydroxylation sites is 1. The largest absolute Gasteiger partial charge is 0.366 e. The van der Waals surface area contributed by atoms with Crippen molar-refractivity contribution in [2.24, 2.45) is 0 Å². The number of rotatable bonds is 8. The maximum atomic E-state index is 13.8. The molecule has 1 aliphatic heterocycles. The van der Waals surface area contributed by atoms with Crippen LogP contribution in [0.2, 0.25) is 0 Å². The standard InChI is InChI=1S/C18H29FN4O/c1-3-21(4-2)10-9-20-15-18(24)23-13-11-22(12-14-23)17-8-6-5-7-16(17)19/h5-8,20H,3-4,9-15H2,1-2H3. The van der Waals surface area contributed by atoms with Crippen molar-refractivity contribution < 1.29 is 9.18 Å². The lowest BCUT2D eigenvalue weighted by molar-refractivity contribution is -0.130. The number of carbonyl (C=O) groups excluding carboxylic acids is 1. The van der Waals surface area contributed by atoms with E-state index in [1.54, 1.807) is 12.1 Å². The second-order valence-corrected chi connectivity index (χ2v) is 6.02. The minimum absolute atomic E-state index is 0.128. The summed E-state index contributed by atoms with van der Waals surface area (Å²) in [6, 6.07) is 6.81. The first kappa shape index (κ1) is 18.7. The Morgan fingerprint density at radius 2 is 1.83 bits per heavy atom. The third-order valence-electron chi connectivity index (χ3n) is 4.60. The number of nitrogens with zero attached hydrogens (tertiary/aromatic N) is 3. The summed E-state index contributed by atoms with van der Waals surface area (Å²) in [7, 11) is 0. The fourth-order valence-corrected chi connectivity index (χ4v) is 2.99. The van der Waals surface area contributed by atoms with Gasteiger partial charge in [0.1, 0.15) is 5.82 Å². The summed E-state index contributed by atoms with van der Waals surface area (Å²) in [5, 5.41) is 3.23. The Balaban J connectivity index is 1.70. The zero-order chi connectivity index (χ0) is 17.4. The van der Waals surface area contributed by atoms with Crippen molar-refractivity contribution in [3.8, 4) is 0 Å². The van der Waals surface area contributed by atoms with E-state index in [0.717, 1.165) is 26.2 Å². The average Bonchev–Trinajstić information content (AvgIpc) is 2.62. The molecule has 0 bridgehead atoms. The van der Waals surface area contributed by atoms with Crippen LogP contribution in [0.5, 0.6) is 0 Å². The number of likely N-dealkylation sites (N-methyl/N-ethyl adjacent to an activating group) is 1. The number of piperazine rings is 1. The van der Waals surface area contributed by atoms with Crippen molar-refractivity contribution >= 4 is 11.6 Å². The van der Waals surface area contributed by atoms with Gasteiger partial charge in [-0.3, -0.25) is 4.79 Å². The summed E-state index contributed by atoms with van der Waals surface area (Å²) in [5.74, 6) is -0.0712. The molecule has 0 spiro atoms. The Morgan fingerprint density at radius 3 is 2.46 bits per heavy atom. The molecule has 1 fully saturated rings. The van der Waals surface area contributed by atoms with E-state index in [1.165, 1.54) is 6.07 Å². The van der Waals surface area contributed by atoms with E-state index in [1.807, 2.05) is 15.9 Å². The summed E-state index contributed by atoms with van der Waals surface area (Å²) >= 11 is 0. The van der Waals surface area contributed by atoms with Crippen LogP contribution in [0.3, 0.4) is 0 Å². The summed E-state index contributed by atoms with van der Waals surface area (Å²) in [6.45, 7) is 11.1. The van der Waals surface area contributed by atoms with Gasteiger partial charge in [0, 0.05) is 39.3 Å². The SMILES string of the molecule is CCN(CC)CCNCC(=O)N1CCN(c2ccccc2F)CC1. The predicted octanol–water partition coefficient (Wildman–Crippen LogP) is 1.41. The lowest BCUT2D eigenvalue weighted by Crippen LogP contribution is -2.51. The Morgan fingerprint density at radius 1 is 1.17 bits per heavy atom. The molecule has 1 saturated heterocycles. The normalized spacial score (nSPS) is 15.2. The van der Waals surface area contributed by atoms with Crippen LogP contribution in [0.15, 0.2) is 24.3 Å². The van der Waals surface area contributed by atoms with Gasteiger partial charge in [-0.2, -0.15) is 0 Å². The maximum Gasteiger partial charge on any atom is 0.236 e. The molecule has 1 aliphatic rings. The number of benzene rings is 1. The molecule has 6 heteroatoms. The second-order valence-electron chi connectivity index (χ2n) is 6.02. The summed E-state index contributed by atoms with van der Waals surface area (Å²) in [4.78, 5) is 18.4. The Hall–Kier alpha value is -1.66. The number of amides is 1. The van der Waals surface area contributed by atoms with E-state index in [9.17, 15) is 9.18 Å². The van der Waals surface area contributed by atoms with Crippen LogP contribution in [0.1, 0.15) is 13.8 Å². The van der Waals surface area contributed by atoms with E-state index >= 15 is 0 Å². The van der Waals surface area contributed by atoms with Crippen LogP contribution in [-0.4, -0.2) is 74.6 Å². The van der Waals surface area contributed by atoms with Gasteiger partial charge in [-0.1, -0.05) is 26.0 Å². The third-order valence-corrected chi connectivity index (χ3v) is 4.60. The first-order chi connectivity index (χ1) is 11.7. The second kappa shape index (κ2) is 9.59. The monoisotopic (exact) mass is 336 g/mol. The molecule has 1 heterocycles. The van der Waals surface area contributed by atoms with Gasteiger partial charge in [0.25, 0.3) is 0 Å². The number of nitrogens with one attached hydrogen (secondary N) is 1. The zero-order valence-electron chi connectivity index (χ0n) is 14.8. The highest BCUT2D eigenvalue weighted by Crippen LogP contribution is 2.20. The molecule has 2 rings (SSSR count). The van der Waals surface area contributed by atoms with Crippen LogP contribution in [0, 0.1) is 5.82 Å². The molecule has 1 amide bonds. The van der Waals surface area contributed by atoms with Crippen molar-refractivity contribution in [1.82, 2.24) is 15.1 Å². The molecule has 0 aliphatic carbocycles. The highest BCUT2D eigenvalue weighted by atomic mass is 19.1. The fourth-order valence-electron chi connectivity index (χ4n) is 2.99. The molecule has 134 valence electrons. The average molecular weight is 336 g/mol. The van der Waals surface area contributed by atoms with Crippen molar-refractivity contribution in [2.75, 3.05) is 63.8 Å². The topological polar surface area (TPSA) is 38.8 Å². The number of hydrogen-bond donors (Lipinski definition) is 1. The van der Waals surface area contributed by atoms with E-state index in [0.29, 0.717) is 38.4 Å². The van der Waals surface area contributed by atoms with Crippen LogP contribution in [0.25, 0.3) is 0 Å². The summed E-state index contributed by atoms with van der Waals surface area (Å²) in [5.41, 5.74) is 0.627. The van der Waals surface area contributed by atoms with Gasteiger partial charge in [0.05, 0.1) is 12.2 Å². The summed E-state index contributed by atoms with van der Waals surface area (Å²) in [6.07, 6.45) is 0. The van der Waals surface area contributed by atoms with Gasteiger partial charge in [-0.15, -0.1) is 0 Å². The van der Waals surface area contributed by atoms with Crippen LogP contribution in [-0.2, 0) is 4.79 Å². The van der Waals surface area contributed by atoms with Crippen LogP contribution in [0.4, 0.5) is 10.1 Å². The molecule has 0 radical (unpaired) electrons. The lowest BCUT2D eigenvalue weighted by Gasteiger charge is -2.36. The fraction of sp³-hybridized carbons (Fsp3) is 0.611. The number of hydrogen-bond acceptors (Lipinski definition) is 4. The first-order valence-corrected chi connectivity index (χ1v) is 8.86. The smallest absolute Gasteiger partial charge is 0.236 e. The molecule has 24 heavy (non-hydrogen) atoms. The molecule has 1 N–H and O–H groups in total. The molecular weight excluding hydrogens is 307 g/mol. The van der Waals surface area contributed by atoms with Crippen molar-refractivity contribution in [3.05, 3.63) is 30.1 Å². The first-order valence-electron chi connectivity index (χ1n) is 8.86. The van der Waals surface area contributed by atoms with E-state index in [4.69, 9.17) is 0 Å². The zero-order valence-corrected chi connectivity index (χ0v) is 14.8. The van der Waals surface area contributed by atoms with Gasteiger partial charge in [0.2, 0.25) is 5.91 Å². The number of anilines is 1. The quantitative estimate of drug-likeness (QED) is 0.729. The molecule has 0 aromatic heterocycles. The minimum Gasteiger partial charge on any atom is -0.366 e. The van der Waals surface area contributed by atoms with E-state index in [-0.39, 0.29) is 11.7 Å². The molecule has 1 aromatic rings. The molecule has 0 atom stereocenters. The van der Waals surface area contributed by atoms with Gasteiger partial charge >= 0.3 is 0 Å². The molecule has 5 nitrogen and oxygen atoms in total. The highest BCUT2D eigenvalue weighted by molar-refractivity contribution is 5.78. The molecular formula is C18H29FN4O. The van der Waals surface area contributed by atoms with E-state index < -0.39 is 0 Å². The predicted molar refractivity (Wildman–Crippen MR) is 95.9 cm³/mol.